The molecule has 0 radical (unpaired) electrons. The number of carbonyl (C=O) groups excluding carboxylic acids is 1. The van der Waals surface area contributed by atoms with Crippen LogP contribution >= 0.6 is 23.7 Å². The Kier molecular flexibility index (Phi) is 6.07. The molecule has 1 atom stereocenters. The number of nitrogens with zero attached hydrogens (tertiary/aromatic N) is 3. The van der Waals surface area contributed by atoms with E-state index in [-0.39, 0.29) is 24.2 Å². The van der Waals surface area contributed by atoms with Crippen LogP contribution in [0.25, 0.3) is 0 Å². The maximum Gasteiger partial charge on any atom is 0.227 e. The molecule has 3 heterocycles. The maximum absolute atomic E-state index is 11.9. The van der Waals surface area contributed by atoms with Gasteiger partial charge in [0.05, 0.1) is 10.9 Å². The van der Waals surface area contributed by atoms with Gasteiger partial charge in [-0.05, 0) is 18.5 Å². The Labute approximate surface area is 139 Å². The molecule has 8 heteroatoms. The molecule has 120 valence electrons. The van der Waals surface area contributed by atoms with Crippen molar-refractivity contribution < 1.29 is 9.32 Å². The van der Waals surface area contributed by atoms with E-state index < -0.39 is 0 Å². The van der Waals surface area contributed by atoms with E-state index in [2.05, 4.69) is 27.4 Å². The van der Waals surface area contributed by atoms with Crippen LogP contribution in [0.1, 0.15) is 33.8 Å². The van der Waals surface area contributed by atoms with Crippen molar-refractivity contribution in [2.45, 2.75) is 18.9 Å². The molecule has 0 spiro atoms. The van der Waals surface area contributed by atoms with Crippen LogP contribution in [-0.4, -0.2) is 47.5 Å². The topological polar surface area (TPSA) is 71.3 Å². The summed E-state index contributed by atoms with van der Waals surface area (Å²) in [4.78, 5) is 19.4. The van der Waals surface area contributed by atoms with Crippen LogP contribution in [0, 0.1) is 0 Å². The highest BCUT2D eigenvalue weighted by Crippen LogP contribution is 2.18. The Morgan fingerprint density at radius 3 is 3.18 bits per heavy atom. The van der Waals surface area contributed by atoms with Crippen molar-refractivity contribution in [3.05, 3.63) is 34.1 Å². The smallest absolute Gasteiger partial charge is 0.227 e. The highest BCUT2D eigenvalue weighted by Gasteiger charge is 2.25. The van der Waals surface area contributed by atoms with Crippen LogP contribution in [-0.2, 0) is 6.42 Å². The zero-order valence-electron chi connectivity index (χ0n) is 12.3. The summed E-state index contributed by atoms with van der Waals surface area (Å²) < 4.78 is 5.27. The van der Waals surface area contributed by atoms with Gasteiger partial charge in [0.1, 0.15) is 0 Å². The van der Waals surface area contributed by atoms with E-state index in [0.717, 1.165) is 24.5 Å². The molecule has 0 bridgehead atoms. The second kappa shape index (κ2) is 7.82. The number of aryl methyl sites for hydroxylation is 1. The van der Waals surface area contributed by atoms with Crippen LogP contribution in [0.4, 0.5) is 0 Å². The highest BCUT2D eigenvalue weighted by atomic mass is 35.5. The summed E-state index contributed by atoms with van der Waals surface area (Å²) in [6.45, 7) is 2.77. The second-order valence-corrected chi connectivity index (χ2v) is 6.10. The fourth-order valence-corrected chi connectivity index (χ4v) is 3.07. The molecule has 22 heavy (non-hydrogen) atoms. The monoisotopic (exact) mass is 342 g/mol. The minimum Gasteiger partial charge on any atom is -0.339 e. The predicted molar refractivity (Wildman–Crippen MR) is 86.8 cm³/mol. The van der Waals surface area contributed by atoms with Crippen molar-refractivity contribution >= 4 is 29.5 Å². The lowest BCUT2D eigenvalue weighted by atomic mass is 10.2. The van der Waals surface area contributed by atoms with Crippen molar-refractivity contribution in [2.75, 3.05) is 26.7 Å². The van der Waals surface area contributed by atoms with Gasteiger partial charge in [0, 0.05) is 32.5 Å². The lowest BCUT2D eigenvalue weighted by Gasteiger charge is -2.30. The second-order valence-electron chi connectivity index (χ2n) is 5.15. The van der Waals surface area contributed by atoms with Crippen LogP contribution in [0.3, 0.4) is 0 Å². The summed E-state index contributed by atoms with van der Waals surface area (Å²) in [5, 5.41) is 9.29. The van der Waals surface area contributed by atoms with Crippen molar-refractivity contribution in [1.82, 2.24) is 20.4 Å². The number of carbonyl (C=O) groups is 1. The summed E-state index contributed by atoms with van der Waals surface area (Å²) in [5.74, 6) is 1.36. The molecule has 1 N–H and O–H groups in total. The van der Waals surface area contributed by atoms with Gasteiger partial charge >= 0.3 is 0 Å². The number of piperazine rings is 1. The molecule has 2 aromatic rings. The maximum atomic E-state index is 11.9. The largest absolute Gasteiger partial charge is 0.339 e. The zero-order valence-corrected chi connectivity index (χ0v) is 14.0. The first-order valence-corrected chi connectivity index (χ1v) is 7.92. The van der Waals surface area contributed by atoms with Crippen molar-refractivity contribution in [3.63, 3.8) is 0 Å². The molecule has 0 aromatic carbocycles. The van der Waals surface area contributed by atoms with E-state index in [4.69, 9.17) is 4.52 Å². The van der Waals surface area contributed by atoms with E-state index in [0.29, 0.717) is 24.6 Å². The number of likely N-dealkylation sites (N-methyl/N-ethyl adjacent to an activating group) is 1. The third kappa shape index (κ3) is 3.92. The number of ketones is 1. The Hall–Kier alpha value is -1.28. The molecule has 0 saturated carbocycles. The Balaban J connectivity index is 0.00000176. The van der Waals surface area contributed by atoms with Gasteiger partial charge in [0.2, 0.25) is 5.89 Å². The van der Waals surface area contributed by atoms with Gasteiger partial charge in [-0.2, -0.15) is 4.98 Å². The first-order valence-electron chi connectivity index (χ1n) is 7.04. The first-order chi connectivity index (χ1) is 10.2. The predicted octanol–water partition coefficient (Wildman–Crippen LogP) is 1.94. The SMILES string of the molecule is CN1CCNCC1c1noc(CCC(=O)c2cccs2)n1.Cl. The molecule has 2 aromatic heterocycles. The third-order valence-corrected chi connectivity index (χ3v) is 4.57. The number of aromatic nitrogens is 2. The number of Topliss-reactive ketones (excluding diaryl/α,β-unsaturated/α-hetero) is 1. The molecular formula is C14H19ClN4O2S. The van der Waals surface area contributed by atoms with Gasteiger partial charge in [-0.25, -0.2) is 0 Å². The molecule has 0 amide bonds. The van der Waals surface area contributed by atoms with Gasteiger partial charge in [0.25, 0.3) is 0 Å². The molecule has 1 aliphatic rings. The summed E-state index contributed by atoms with van der Waals surface area (Å²) in [6.07, 6.45) is 0.897. The molecule has 0 aliphatic carbocycles. The molecule has 3 rings (SSSR count). The minimum absolute atomic E-state index is 0. The molecule has 6 nitrogen and oxygen atoms in total. The van der Waals surface area contributed by atoms with E-state index in [1.807, 2.05) is 17.5 Å². The van der Waals surface area contributed by atoms with Crippen LogP contribution in [0.15, 0.2) is 22.0 Å². The number of hydrogen-bond donors (Lipinski definition) is 1. The summed E-state index contributed by atoms with van der Waals surface area (Å²) in [5.41, 5.74) is 0. The van der Waals surface area contributed by atoms with Gasteiger partial charge in [0.15, 0.2) is 11.6 Å². The molecule has 1 aliphatic heterocycles. The van der Waals surface area contributed by atoms with Gasteiger partial charge in [-0.15, -0.1) is 23.7 Å². The molecule has 1 unspecified atom stereocenters. The van der Waals surface area contributed by atoms with Crippen molar-refractivity contribution in [1.29, 1.82) is 0 Å². The number of thiophene rings is 1. The number of nitrogens with one attached hydrogen (secondary N) is 1. The van der Waals surface area contributed by atoms with E-state index in [1.54, 1.807) is 0 Å². The Morgan fingerprint density at radius 1 is 1.59 bits per heavy atom. The number of halogens is 1. The van der Waals surface area contributed by atoms with Crippen molar-refractivity contribution in [3.8, 4) is 0 Å². The lowest BCUT2D eigenvalue weighted by molar-refractivity contribution is 0.0983. The van der Waals surface area contributed by atoms with Gasteiger partial charge in [-0.3, -0.25) is 9.69 Å². The summed E-state index contributed by atoms with van der Waals surface area (Å²) >= 11 is 1.46. The minimum atomic E-state index is 0. The van der Waals surface area contributed by atoms with Crippen LogP contribution in [0.2, 0.25) is 0 Å². The summed E-state index contributed by atoms with van der Waals surface area (Å²) in [7, 11) is 2.06. The normalized spacial score (nSPS) is 18.9. The van der Waals surface area contributed by atoms with Gasteiger partial charge in [-0.1, -0.05) is 11.2 Å². The molecule has 1 fully saturated rings. The highest BCUT2D eigenvalue weighted by molar-refractivity contribution is 7.12. The average Bonchev–Trinajstić information content (AvgIpc) is 3.17. The number of rotatable bonds is 5. The fourth-order valence-electron chi connectivity index (χ4n) is 2.38. The first kappa shape index (κ1) is 17.1. The standard InChI is InChI=1S/C14H18N4O2S.ClH/c1-18-7-6-15-9-10(18)14-16-13(20-17-14)5-4-11(19)12-3-2-8-21-12;/h2-3,8,10,15H,4-7,9H2,1H3;1H. The molecule has 1 saturated heterocycles. The van der Waals surface area contributed by atoms with Crippen LogP contribution in [0.5, 0.6) is 0 Å². The van der Waals surface area contributed by atoms with Crippen LogP contribution < -0.4 is 5.32 Å². The summed E-state index contributed by atoms with van der Waals surface area (Å²) in [6, 6.07) is 3.87. The van der Waals surface area contributed by atoms with E-state index in [1.165, 1.54) is 11.3 Å². The van der Waals surface area contributed by atoms with E-state index in [9.17, 15) is 4.79 Å². The van der Waals surface area contributed by atoms with E-state index >= 15 is 0 Å². The quantitative estimate of drug-likeness (QED) is 0.837. The Morgan fingerprint density at radius 2 is 2.45 bits per heavy atom. The third-order valence-electron chi connectivity index (χ3n) is 3.65. The zero-order chi connectivity index (χ0) is 14.7. The average molecular weight is 343 g/mol. The molecular weight excluding hydrogens is 324 g/mol. The van der Waals surface area contributed by atoms with Gasteiger partial charge < -0.3 is 9.84 Å². The Bertz CT molecular complexity index is 602. The number of hydrogen-bond acceptors (Lipinski definition) is 7. The fraction of sp³-hybridized carbons (Fsp3) is 0.500. The van der Waals surface area contributed by atoms with Crippen molar-refractivity contribution in [2.24, 2.45) is 0 Å². The lowest BCUT2D eigenvalue weighted by Crippen LogP contribution is -2.44.